The van der Waals surface area contributed by atoms with E-state index < -0.39 is 16.8 Å². The van der Waals surface area contributed by atoms with Crippen molar-refractivity contribution in [2.75, 3.05) is 0 Å². The molecular weight excluding hydrogens is 336 g/mol. The molecule has 124 valence electrons. The molecule has 0 aromatic heterocycles. The van der Waals surface area contributed by atoms with E-state index in [0.717, 1.165) is 0 Å². The highest BCUT2D eigenvalue weighted by atomic mass is 32.2. The second-order valence-electron chi connectivity index (χ2n) is 5.29. The number of carboxylic acids is 1. The molecule has 0 saturated heterocycles. The smallest absolute Gasteiger partial charge is 0.335 e. The van der Waals surface area contributed by atoms with E-state index in [1.807, 2.05) is 6.07 Å². The van der Waals surface area contributed by atoms with Crippen LogP contribution in [0.1, 0.15) is 26.3 Å². The minimum atomic E-state index is -1.59. The first-order valence-corrected chi connectivity index (χ1v) is 8.67. The summed E-state index contributed by atoms with van der Waals surface area (Å²) >= 11 is 0. The molecule has 0 bridgehead atoms. The molecule has 1 N–H and O–H groups in total. The Bertz CT molecular complexity index is 947. The lowest BCUT2D eigenvalue weighted by molar-refractivity contribution is 0.0696. The van der Waals surface area contributed by atoms with Crippen molar-refractivity contribution >= 4 is 22.6 Å². The van der Waals surface area contributed by atoms with Crippen LogP contribution < -0.4 is 0 Å². The van der Waals surface area contributed by atoms with E-state index >= 15 is 0 Å². The van der Waals surface area contributed by atoms with Gasteiger partial charge in [-0.3, -0.25) is 4.79 Å². The molecule has 0 amide bonds. The van der Waals surface area contributed by atoms with E-state index in [1.165, 1.54) is 24.3 Å². The summed E-state index contributed by atoms with van der Waals surface area (Å²) in [5, 5.41) is 8.95. The largest absolute Gasteiger partial charge is 0.478 e. The number of benzene rings is 3. The molecule has 3 aromatic rings. The van der Waals surface area contributed by atoms with Gasteiger partial charge in [-0.2, -0.15) is 0 Å². The van der Waals surface area contributed by atoms with Crippen molar-refractivity contribution in [2.45, 2.75) is 9.79 Å². The van der Waals surface area contributed by atoms with Crippen LogP contribution >= 0.6 is 0 Å². The maximum atomic E-state index is 12.9. The van der Waals surface area contributed by atoms with Gasteiger partial charge in [-0.1, -0.05) is 42.5 Å². The molecule has 1 atom stereocenters. The van der Waals surface area contributed by atoms with Crippen molar-refractivity contribution in [3.05, 3.63) is 95.6 Å². The number of rotatable bonds is 5. The fraction of sp³-hybridized carbons (Fsp3) is 0. The molecule has 0 saturated carbocycles. The van der Waals surface area contributed by atoms with Gasteiger partial charge in [0.2, 0.25) is 0 Å². The molecule has 0 heterocycles. The van der Waals surface area contributed by atoms with Gasteiger partial charge in [0.25, 0.3) is 0 Å². The molecule has 0 aliphatic heterocycles. The maximum Gasteiger partial charge on any atom is 0.335 e. The molecule has 0 fully saturated rings. The highest BCUT2D eigenvalue weighted by Gasteiger charge is 2.18. The van der Waals surface area contributed by atoms with Gasteiger partial charge in [0.05, 0.1) is 21.3 Å². The van der Waals surface area contributed by atoms with E-state index in [1.54, 1.807) is 48.5 Å². The Balaban J connectivity index is 1.99. The summed E-state index contributed by atoms with van der Waals surface area (Å²) in [6, 6.07) is 21.4. The zero-order valence-corrected chi connectivity index (χ0v) is 13.9. The minimum Gasteiger partial charge on any atom is -0.478 e. The Morgan fingerprint density at radius 3 is 1.96 bits per heavy atom. The zero-order chi connectivity index (χ0) is 17.8. The third-order valence-electron chi connectivity index (χ3n) is 3.68. The van der Waals surface area contributed by atoms with Crippen molar-refractivity contribution < 1.29 is 18.9 Å². The number of carboxylic acid groups (broad SMARTS) is 1. The fourth-order valence-corrected chi connectivity index (χ4v) is 3.61. The monoisotopic (exact) mass is 350 g/mol. The van der Waals surface area contributed by atoms with Gasteiger partial charge in [0, 0.05) is 16.0 Å². The first-order chi connectivity index (χ1) is 12.1. The zero-order valence-electron chi connectivity index (χ0n) is 13.1. The standard InChI is InChI=1S/C20H14O4S/c21-19(14-6-2-1-3-7-14)17-8-4-5-9-18(17)25(24)16-12-10-15(11-13-16)20(22)23/h1-13H,(H,22,23). The molecule has 1 unspecified atom stereocenters. The van der Waals surface area contributed by atoms with Gasteiger partial charge in [-0.05, 0) is 36.4 Å². The summed E-state index contributed by atoms with van der Waals surface area (Å²) in [5.74, 6) is -1.25. The Labute approximate surface area is 147 Å². The van der Waals surface area contributed by atoms with Crippen LogP contribution in [-0.4, -0.2) is 21.1 Å². The van der Waals surface area contributed by atoms with Crippen LogP contribution in [-0.2, 0) is 10.8 Å². The Hall–Kier alpha value is -3.05. The number of hydrogen-bond acceptors (Lipinski definition) is 3. The first-order valence-electron chi connectivity index (χ1n) is 7.52. The summed E-state index contributed by atoms with van der Waals surface area (Å²) in [5.41, 5.74) is 1.01. The molecule has 3 rings (SSSR count). The van der Waals surface area contributed by atoms with Gasteiger partial charge >= 0.3 is 5.97 Å². The van der Waals surface area contributed by atoms with Crippen molar-refractivity contribution in [2.24, 2.45) is 0 Å². The number of aromatic carboxylic acids is 1. The van der Waals surface area contributed by atoms with Crippen LogP contribution in [0.4, 0.5) is 0 Å². The first kappa shape index (κ1) is 16.8. The quantitative estimate of drug-likeness (QED) is 0.711. The van der Waals surface area contributed by atoms with E-state index in [9.17, 15) is 13.8 Å². The van der Waals surface area contributed by atoms with Crippen molar-refractivity contribution in [1.29, 1.82) is 0 Å². The summed E-state index contributed by atoms with van der Waals surface area (Å²) in [7, 11) is -1.59. The Morgan fingerprint density at radius 1 is 0.720 bits per heavy atom. The van der Waals surface area contributed by atoms with Crippen molar-refractivity contribution in [1.82, 2.24) is 0 Å². The lowest BCUT2D eigenvalue weighted by Crippen LogP contribution is -2.07. The summed E-state index contributed by atoms with van der Waals surface area (Å²) in [6.07, 6.45) is 0. The van der Waals surface area contributed by atoms with Crippen molar-refractivity contribution in [3.63, 3.8) is 0 Å². The third-order valence-corrected chi connectivity index (χ3v) is 5.14. The predicted octanol–water partition coefficient (Wildman–Crippen LogP) is 3.78. The van der Waals surface area contributed by atoms with E-state index in [2.05, 4.69) is 0 Å². The normalized spacial score (nSPS) is 11.7. The Kier molecular flexibility index (Phi) is 4.86. The number of hydrogen-bond donors (Lipinski definition) is 1. The molecule has 3 aromatic carbocycles. The molecule has 0 spiro atoms. The van der Waals surface area contributed by atoms with Crippen LogP contribution in [0.3, 0.4) is 0 Å². The summed E-state index contributed by atoms with van der Waals surface area (Å²) < 4.78 is 12.9. The van der Waals surface area contributed by atoms with Crippen LogP contribution in [0.25, 0.3) is 0 Å². The third kappa shape index (κ3) is 3.56. The van der Waals surface area contributed by atoms with E-state index in [-0.39, 0.29) is 11.3 Å². The molecule has 4 nitrogen and oxygen atoms in total. The SMILES string of the molecule is O=C(O)c1ccc(S(=O)c2ccccc2C(=O)c2ccccc2)cc1. The van der Waals surface area contributed by atoms with Gasteiger partial charge < -0.3 is 5.11 Å². The molecule has 0 aliphatic carbocycles. The molecule has 0 radical (unpaired) electrons. The molecular formula is C20H14O4S. The predicted molar refractivity (Wildman–Crippen MR) is 94.4 cm³/mol. The van der Waals surface area contributed by atoms with Crippen LogP contribution in [0, 0.1) is 0 Å². The topological polar surface area (TPSA) is 71.4 Å². The van der Waals surface area contributed by atoms with E-state index in [0.29, 0.717) is 20.9 Å². The summed E-state index contributed by atoms with van der Waals surface area (Å²) in [6.45, 7) is 0. The highest BCUT2D eigenvalue weighted by Crippen LogP contribution is 2.23. The minimum absolute atomic E-state index is 0.120. The summed E-state index contributed by atoms with van der Waals surface area (Å²) in [4.78, 5) is 24.5. The van der Waals surface area contributed by atoms with Crippen LogP contribution in [0.5, 0.6) is 0 Å². The van der Waals surface area contributed by atoms with Gasteiger partial charge in [0.15, 0.2) is 5.78 Å². The van der Waals surface area contributed by atoms with Crippen molar-refractivity contribution in [3.8, 4) is 0 Å². The Morgan fingerprint density at radius 2 is 1.32 bits per heavy atom. The average Bonchev–Trinajstić information content (AvgIpc) is 2.67. The number of carbonyl (C=O) groups is 2. The van der Waals surface area contributed by atoms with Gasteiger partial charge in [-0.15, -0.1) is 0 Å². The number of ketones is 1. The van der Waals surface area contributed by atoms with Gasteiger partial charge in [0.1, 0.15) is 0 Å². The average molecular weight is 350 g/mol. The maximum absolute atomic E-state index is 12.9. The van der Waals surface area contributed by atoms with Crippen LogP contribution in [0.2, 0.25) is 0 Å². The van der Waals surface area contributed by atoms with E-state index in [4.69, 9.17) is 5.11 Å². The number of carbonyl (C=O) groups excluding carboxylic acids is 1. The molecule has 0 aliphatic rings. The lowest BCUT2D eigenvalue weighted by Gasteiger charge is -2.09. The second kappa shape index (κ2) is 7.23. The fourth-order valence-electron chi connectivity index (χ4n) is 2.41. The molecule has 25 heavy (non-hydrogen) atoms. The lowest BCUT2D eigenvalue weighted by atomic mass is 10.0. The molecule has 5 heteroatoms. The highest BCUT2D eigenvalue weighted by molar-refractivity contribution is 7.85. The van der Waals surface area contributed by atoms with Gasteiger partial charge in [-0.25, -0.2) is 9.00 Å². The second-order valence-corrected chi connectivity index (χ2v) is 6.74. The van der Waals surface area contributed by atoms with Crippen LogP contribution in [0.15, 0.2) is 88.7 Å².